The van der Waals surface area contributed by atoms with Crippen LogP contribution in [0, 0.1) is 11.6 Å². The first-order valence-corrected chi connectivity index (χ1v) is 10.1. The summed E-state index contributed by atoms with van der Waals surface area (Å²) in [5.74, 6) is -2.25. The minimum atomic E-state index is -2.49. The number of hydrogen-bond donors (Lipinski definition) is 0. The molecular formula is C14H13ClF2N2O4S2. The normalized spacial score (nSPS) is 16.6. The summed E-state index contributed by atoms with van der Waals surface area (Å²) >= 11 is 5.68. The molecule has 1 unspecified atom stereocenters. The van der Waals surface area contributed by atoms with Gasteiger partial charge in [-0.25, -0.2) is 23.5 Å². The van der Waals surface area contributed by atoms with Crippen LogP contribution in [0.5, 0.6) is 0 Å². The quantitative estimate of drug-likeness (QED) is 0.698. The lowest BCUT2D eigenvalue weighted by Gasteiger charge is -2.27. The van der Waals surface area contributed by atoms with E-state index in [1.54, 1.807) is 20.8 Å². The van der Waals surface area contributed by atoms with Gasteiger partial charge in [-0.2, -0.15) is 8.42 Å². The molecule has 1 atom stereocenters. The van der Waals surface area contributed by atoms with Crippen LogP contribution >= 0.6 is 11.6 Å². The Morgan fingerprint density at radius 1 is 1.28 bits per heavy atom. The second-order valence-electron chi connectivity index (χ2n) is 5.78. The van der Waals surface area contributed by atoms with Crippen molar-refractivity contribution in [1.29, 1.82) is 0 Å². The maximum atomic E-state index is 14.2. The average molecular weight is 411 g/mol. The summed E-state index contributed by atoms with van der Waals surface area (Å²) < 4.78 is 55.0. The molecule has 25 heavy (non-hydrogen) atoms. The number of halogens is 3. The van der Waals surface area contributed by atoms with Gasteiger partial charge in [0.1, 0.15) is 11.4 Å². The lowest BCUT2D eigenvalue weighted by molar-refractivity contribution is 0.0591. The van der Waals surface area contributed by atoms with Gasteiger partial charge in [-0.3, -0.25) is 0 Å². The van der Waals surface area contributed by atoms with Crippen LogP contribution in [0.15, 0.2) is 28.4 Å². The van der Waals surface area contributed by atoms with E-state index in [0.29, 0.717) is 11.0 Å². The number of hydrogen-bond acceptors (Lipinski definition) is 5. The van der Waals surface area contributed by atoms with Crippen LogP contribution in [-0.2, 0) is 23.5 Å². The van der Waals surface area contributed by atoms with Gasteiger partial charge in [0.15, 0.2) is 11.6 Å². The van der Waals surface area contributed by atoms with Crippen LogP contribution in [0.2, 0.25) is 5.02 Å². The van der Waals surface area contributed by atoms with Gasteiger partial charge >= 0.3 is 6.09 Å². The molecular weight excluding hydrogens is 398 g/mol. The summed E-state index contributed by atoms with van der Waals surface area (Å²) in [6, 6.07) is 1.41. The number of benzene rings is 1. The van der Waals surface area contributed by atoms with Crippen molar-refractivity contribution >= 4 is 47.6 Å². The van der Waals surface area contributed by atoms with E-state index in [1.807, 2.05) is 0 Å². The zero-order valence-corrected chi connectivity index (χ0v) is 15.7. The predicted molar refractivity (Wildman–Crippen MR) is 92.9 cm³/mol. The topological polar surface area (TPSA) is 76.0 Å². The molecule has 1 aliphatic heterocycles. The molecule has 0 aromatic heterocycles. The number of nitrogens with zero attached hydrogens (tertiary/aromatic N) is 2. The van der Waals surface area contributed by atoms with E-state index >= 15 is 0 Å². The lowest BCUT2D eigenvalue weighted by Crippen LogP contribution is -2.36. The molecule has 0 N–H and O–H groups in total. The third-order valence-electron chi connectivity index (χ3n) is 2.70. The van der Waals surface area contributed by atoms with E-state index in [1.165, 1.54) is 0 Å². The summed E-state index contributed by atoms with van der Waals surface area (Å²) in [5, 5.41) is 0.739. The molecule has 2 rings (SSSR count). The van der Waals surface area contributed by atoms with E-state index in [-0.39, 0.29) is 5.82 Å². The SMILES string of the molecule is CC(C)(C)OC(=O)N(C1=CS(=S(=O)=O)C=N1)c1cc(Cl)c(F)cc1F. The van der Waals surface area contributed by atoms with Crippen molar-refractivity contribution in [3.8, 4) is 0 Å². The predicted octanol–water partition coefficient (Wildman–Crippen LogP) is 3.61. The first-order chi connectivity index (χ1) is 11.5. The van der Waals surface area contributed by atoms with Crippen molar-refractivity contribution in [2.24, 2.45) is 4.99 Å². The molecule has 0 saturated carbocycles. The summed E-state index contributed by atoms with van der Waals surface area (Å²) in [5.41, 5.74) is -0.230. The molecule has 0 radical (unpaired) electrons. The van der Waals surface area contributed by atoms with Crippen molar-refractivity contribution in [3.05, 3.63) is 40.0 Å². The van der Waals surface area contributed by atoms with Gasteiger partial charge in [-0.05, 0) is 26.8 Å². The van der Waals surface area contributed by atoms with Crippen LogP contribution in [0.1, 0.15) is 20.8 Å². The average Bonchev–Trinajstić information content (AvgIpc) is 2.92. The Labute approximate surface area is 150 Å². The minimum Gasteiger partial charge on any atom is -0.443 e. The first-order valence-electron chi connectivity index (χ1n) is 6.75. The van der Waals surface area contributed by atoms with Gasteiger partial charge in [-0.1, -0.05) is 11.6 Å². The largest absolute Gasteiger partial charge is 0.443 e. The van der Waals surface area contributed by atoms with E-state index in [2.05, 4.69) is 4.99 Å². The van der Waals surface area contributed by atoms with Gasteiger partial charge in [0, 0.05) is 20.9 Å². The molecule has 1 heterocycles. The molecule has 11 heteroatoms. The van der Waals surface area contributed by atoms with E-state index in [4.69, 9.17) is 16.3 Å². The van der Waals surface area contributed by atoms with Crippen LogP contribution in [0.4, 0.5) is 19.3 Å². The van der Waals surface area contributed by atoms with E-state index in [0.717, 1.165) is 17.0 Å². The Balaban J connectivity index is 2.61. The third-order valence-corrected chi connectivity index (χ3v) is 5.55. The fourth-order valence-corrected chi connectivity index (χ4v) is 3.55. The highest BCUT2D eigenvalue weighted by Crippen LogP contribution is 2.31. The molecule has 0 fully saturated rings. The molecule has 1 aromatic carbocycles. The Kier molecular flexibility index (Phi) is 5.65. The second-order valence-corrected chi connectivity index (χ2v) is 9.67. The number of anilines is 1. The van der Waals surface area contributed by atoms with Crippen molar-refractivity contribution in [3.63, 3.8) is 0 Å². The summed E-state index contributed by atoms with van der Waals surface area (Å²) in [7, 11) is -3.86. The number of amides is 1. The fourth-order valence-electron chi connectivity index (χ4n) is 1.76. The highest BCUT2D eigenvalue weighted by molar-refractivity contribution is 8.42. The third kappa shape index (κ3) is 4.65. The van der Waals surface area contributed by atoms with Crippen molar-refractivity contribution in [1.82, 2.24) is 0 Å². The molecule has 1 aliphatic rings. The maximum Gasteiger partial charge on any atom is 0.420 e. The lowest BCUT2D eigenvalue weighted by atomic mass is 10.2. The van der Waals surface area contributed by atoms with Crippen LogP contribution in [0.3, 0.4) is 0 Å². The molecule has 0 aliphatic carbocycles. The van der Waals surface area contributed by atoms with Gasteiger partial charge in [0.05, 0.1) is 16.3 Å². The summed E-state index contributed by atoms with van der Waals surface area (Å²) in [6.45, 7) is 4.79. The Hall–Kier alpha value is -1.78. The number of carbonyl (C=O) groups excluding carboxylic acids is 1. The van der Waals surface area contributed by atoms with Crippen LogP contribution < -0.4 is 4.90 Å². The van der Waals surface area contributed by atoms with Crippen molar-refractivity contribution in [2.45, 2.75) is 26.4 Å². The summed E-state index contributed by atoms with van der Waals surface area (Å²) in [4.78, 5) is 17.1. The molecule has 0 saturated heterocycles. The zero-order valence-electron chi connectivity index (χ0n) is 13.3. The summed E-state index contributed by atoms with van der Waals surface area (Å²) in [6.07, 6.45) is -1.01. The second kappa shape index (κ2) is 7.22. The number of rotatable bonds is 2. The van der Waals surface area contributed by atoms with Gasteiger partial charge in [0.2, 0.25) is 9.26 Å². The van der Waals surface area contributed by atoms with Crippen molar-refractivity contribution < 1.29 is 26.7 Å². The molecule has 0 spiro atoms. The highest BCUT2D eigenvalue weighted by Gasteiger charge is 2.30. The Morgan fingerprint density at radius 2 is 1.92 bits per heavy atom. The smallest absolute Gasteiger partial charge is 0.420 e. The standard InChI is InChI=1S/C14H13ClF2N2O4S2/c1-14(2,3)23-13(20)19(12-6-24(7-18-12)25(21)22)11-4-8(15)9(16)5-10(11)17/h4-7H,1-3H3. The van der Waals surface area contributed by atoms with Gasteiger partial charge in [0.25, 0.3) is 0 Å². The van der Waals surface area contributed by atoms with Crippen LogP contribution in [0.25, 0.3) is 0 Å². The van der Waals surface area contributed by atoms with E-state index < -0.39 is 52.8 Å². The Bertz CT molecular complexity index is 929. The molecule has 0 bridgehead atoms. The number of ether oxygens (including phenoxy) is 1. The monoisotopic (exact) mass is 410 g/mol. The molecule has 1 amide bonds. The van der Waals surface area contributed by atoms with Crippen LogP contribution in [-0.4, -0.2) is 25.7 Å². The molecule has 136 valence electrons. The Morgan fingerprint density at radius 3 is 2.44 bits per heavy atom. The fraction of sp³-hybridized carbons (Fsp3) is 0.286. The van der Waals surface area contributed by atoms with Crippen molar-refractivity contribution in [2.75, 3.05) is 4.90 Å². The molecule has 1 aromatic rings. The number of aliphatic imine (C=N–C) groups is 1. The zero-order chi connectivity index (χ0) is 18.9. The molecule has 6 nitrogen and oxygen atoms in total. The highest BCUT2D eigenvalue weighted by atomic mass is 35.5. The van der Waals surface area contributed by atoms with Gasteiger partial charge < -0.3 is 4.74 Å². The van der Waals surface area contributed by atoms with E-state index in [9.17, 15) is 22.0 Å². The maximum absolute atomic E-state index is 14.2. The first kappa shape index (κ1) is 19.5. The van der Waals surface area contributed by atoms with Gasteiger partial charge in [-0.15, -0.1) is 0 Å². The number of carbonyl (C=O) groups is 1. The minimum absolute atomic E-state index is 0.164.